The van der Waals surface area contributed by atoms with E-state index >= 15 is 0 Å². The highest BCUT2D eigenvalue weighted by molar-refractivity contribution is 6.03. The van der Waals surface area contributed by atoms with Crippen molar-refractivity contribution in [3.63, 3.8) is 0 Å². The Morgan fingerprint density at radius 3 is 2.81 bits per heavy atom. The van der Waals surface area contributed by atoms with Gasteiger partial charge in [-0.3, -0.25) is 4.98 Å². The van der Waals surface area contributed by atoms with Gasteiger partial charge in [0.15, 0.2) is 17.2 Å². The molecule has 0 saturated carbocycles. The lowest BCUT2D eigenvalue weighted by Crippen LogP contribution is -1.96. The van der Waals surface area contributed by atoms with Crippen LogP contribution >= 0.6 is 0 Å². The average Bonchev–Trinajstić information content (AvgIpc) is 3.24. The summed E-state index contributed by atoms with van der Waals surface area (Å²) in [6.07, 6.45) is 8.54. The normalized spacial score (nSPS) is 13.2. The maximum Gasteiger partial charge on any atom is 0.197 e. The molecule has 1 aliphatic carbocycles. The predicted molar refractivity (Wildman–Crippen MR) is 99.9 cm³/mol. The molecule has 0 spiro atoms. The molecule has 1 aliphatic rings. The largest absolute Gasteiger partial charge is 0.449 e. The van der Waals surface area contributed by atoms with E-state index in [-0.39, 0.29) is 0 Å². The van der Waals surface area contributed by atoms with Gasteiger partial charge < -0.3 is 15.1 Å². The summed E-state index contributed by atoms with van der Waals surface area (Å²) in [5, 5.41) is 12.4. The molecule has 0 atom stereocenters. The number of hydrogen-bond donors (Lipinski definition) is 2. The first kappa shape index (κ1) is 14.8. The number of fused-ring (bicyclic) bond motifs is 2. The molecule has 0 saturated heterocycles. The summed E-state index contributed by atoms with van der Waals surface area (Å²) in [5.74, 6) is 1.11. The SMILES string of the molecule is N=C1CCc2cc(Nc3c(-c4ncccn4)oc4cnccc34)ccc21. The Hall–Kier alpha value is -3.54. The molecule has 3 aromatic heterocycles. The van der Waals surface area contributed by atoms with Crippen molar-refractivity contribution in [2.45, 2.75) is 12.8 Å². The lowest BCUT2D eigenvalue weighted by Gasteiger charge is -2.09. The molecule has 3 heterocycles. The molecule has 0 unspecified atom stereocenters. The number of nitrogens with one attached hydrogen (secondary N) is 2. The molecule has 5 rings (SSSR count). The highest BCUT2D eigenvalue weighted by Gasteiger charge is 2.20. The minimum atomic E-state index is 0.522. The van der Waals surface area contributed by atoms with Crippen molar-refractivity contribution in [3.8, 4) is 11.6 Å². The third-order valence-electron chi connectivity index (χ3n) is 4.61. The molecule has 6 nitrogen and oxygen atoms in total. The molecule has 4 aromatic rings. The second kappa shape index (κ2) is 5.77. The summed E-state index contributed by atoms with van der Waals surface area (Å²) in [6, 6.07) is 9.79. The zero-order valence-electron chi connectivity index (χ0n) is 13.9. The first-order chi connectivity index (χ1) is 12.8. The minimum Gasteiger partial charge on any atom is -0.449 e. The lowest BCUT2D eigenvalue weighted by molar-refractivity contribution is 0.624. The molecular formula is C20H15N5O. The molecule has 0 fully saturated rings. The van der Waals surface area contributed by atoms with Crippen LogP contribution in [-0.2, 0) is 6.42 Å². The zero-order valence-corrected chi connectivity index (χ0v) is 13.9. The average molecular weight is 341 g/mol. The summed E-state index contributed by atoms with van der Waals surface area (Å²) in [5.41, 5.74) is 5.41. The topological polar surface area (TPSA) is 87.7 Å². The molecule has 26 heavy (non-hydrogen) atoms. The number of aryl methyl sites for hydroxylation is 1. The highest BCUT2D eigenvalue weighted by Crippen LogP contribution is 2.38. The number of anilines is 2. The van der Waals surface area contributed by atoms with Gasteiger partial charge in [-0.2, -0.15) is 0 Å². The van der Waals surface area contributed by atoms with E-state index < -0.39 is 0 Å². The van der Waals surface area contributed by atoms with E-state index in [9.17, 15) is 0 Å². The van der Waals surface area contributed by atoms with Crippen LogP contribution in [0.1, 0.15) is 17.5 Å². The minimum absolute atomic E-state index is 0.522. The molecule has 6 heteroatoms. The van der Waals surface area contributed by atoms with E-state index in [0.29, 0.717) is 22.9 Å². The summed E-state index contributed by atoms with van der Waals surface area (Å²) in [4.78, 5) is 12.8. The number of benzene rings is 1. The van der Waals surface area contributed by atoms with Gasteiger partial charge in [-0.1, -0.05) is 6.07 Å². The van der Waals surface area contributed by atoms with Gasteiger partial charge in [0.05, 0.1) is 11.9 Å². The molecule has 1 aromatic carbocycles. The van der Waals surface area contributed by atoms with Gasteiger partial charge in [-0.15, -0.1) is 0 Å². The first-order valence-corrected chi connectivity index (χ1v) is 8.41. The third kappa shape index (κ3) is 2.35. The van der Waals surface area contributed by atoms with Gasteiger partial charge in [0.2, 0.25) is 0 Å². The van der Waals surface area contributed by atoms with E-state index in [4.69, 9.17) is 9.83 Å². The molecule has 0 aliphatic heterocycles. The van der Waals surface area contributed by atoms with Gasteiger partial charge in [0, 0.05) is 35.4 Å². The van der Waals surface area contributed by atoms with Crippen molar-refractivity contribution in [3.05, 3.63) is 66.2 Å². The summed E-state index contributed by atoms with van der Waals surface area (Å²) >= 11 is 0. The summed E-state index contributed by atoms with van der Waals surface area (Å²) < 4.78 is 5.98. The number of nitrogens with zero attached hydrogens (tertiary/aromatic N) is 3. The van der Waals surface area contributed by atoms with Gasteiger partial charge in [0.25, 0.3) is 0 Å². The quantitative estimate of drug-likeness (QED) is 0.578. The molecule has 0 bridgehead atoms. The van der Waals surface area contributed by atoms with Crippen LogP contribution in [0.15, 0.2) is 59.5 Å². The van der Waals surface area contributed by atoms with Crippen LogP contribution in [-0.4, -0.2) is 20.7 Å². The Kier molecular flexibility index (Phi) is 3.28. The van der Waals surface area contributed by atoms with Crippen LogP contribution < -0.4 is 5.32 Å². The van der Waals surface area contributed by atoms with Crippen LogP contribution in [0.3, 0.4) is 0 Å². The second-order valence-electron chi connectivity index (χ2n) is 6.23. The number of aromatic nitrogens is 3. The second-order valence-corrected chi connectivity index (χ2v) is 6.23. The highest BCUT2D eigenvalue weighted by atomic mass is 16.3. The van der Waals surface area contributed by atoms with E-state index in [2.05, 4.69) is 26.3 Å². The fraction of sp³-hybridized carbons (Fsp3) is 0.100. The Balaban J connectivity index is 1.63. The van der Waals surface area contributed by atoms with Crippen LogP contribution in [0, 0.1) is 5.41 Å². The van der Waals surface area contributed by atoms with E-state index in [0.717, 1.165) is 35.2 Å². The number of furan rings is 1. The number of hydrogen-bond acceptors (Lipinski definition) is 6. The van der Waals surface area contributed by atoms with E-state index in [1.54, 1.807) is 30.9 Å². The van der Waals surface area contributed by atoms with Crippen molar-refractivity contribution in [2.24, 2.45) is 0 Å². The van der Waals surface area contributed by atoms with E-state index in [1.165, 1.54) is 5.56 Å². The van der Waals surface area contributed by atoms with Gasteiger partial charge in [-0.05, 0) is 48.2 Å². The molecule has 126 valence electrons. The third-order valence-corrected chi connectivity index (χ3v) is 4.61. The predicted octanol–water partition coefficient (Wildman–Crippen LogP) is 4.34. The van der Waals surface area contributed by atoms with Crippen molar-refractivity contribution in [1.82, 2.24) is 15.0 Å². The molecule has 2 N–H and O–H groups in total. The van der Waals surface area contributed by atoms with Crippen molar-refractivity contribution >= 4 is 28.1 Å². The van der Waals surface area contributed by atoms with Crippen LogP contribution in [0.4, 0.5) is 11.4 Å². The number of pyridine rings is 1. The van der Waals surface area contributed by atoms with Crippen molar-refractivity contribution in [1.29, 1.82) is 5.41 Å². The lowest BCUT2D eigenvalue weighted by atomic mass is 10.1. The smallest absolute Gasteiger partial charge is 0.197 e. The summed E-state index contributed by atoms with van der Waals surface area (Å²) in [6.45, 7) is 0. The number of rotatable bonds is 3. The fourth-order valence-electron chi connectivity index (χ4n) is 3.36. The molecular weight excluding hydrogens is 326 g/mol. The van der Waals surface area contributed by atoms with Gasteiger partial charge >= 0.3 is 0 Å². The van der Waals surface area contributed by atoms with Gasteiger partial charge in [0.1, 0.15) is 0 Å². The van der Waals surface area contributed by atoms with Crippen LogP contribution in [0.5, 0.6) is 0 Å². The Labute approximate surface area is 149 Å². The molecule has 0 radical (unpaired) electrons. The first-order valence-electron chi connectivity index (χ1n) is 8.41. The standard InChI is InChI=1S/C20H15N5O/c21-16-5-2-12-10-13(3-4-14(12)16)25-18-15-6-9-22-11-17(15)26-19(18)20-23-7-1-8-24-20/h1,3-4,6-11,21,25H,2,5H2. The van der Waals surface area contributed by atoms with E-state index in [1.807, 2.05) is 18.2 Å². The van der Waals surface area contributed by atoms with Gasteiger partial charge in [-0.25, -0.2) is 9.97 Å². The van der Waals surface area contributed by atoms with Crippen molar-refractivity contribution < 1.29 is 4.42 Å². The Morgan fingerprint density at radius 2 is 1.92 bits per heavy atom. The maximum absolute atomic E-state index is 7.99. The zero-order chi connectivity index (χ0) is 17.5. The molecule has 0 amide bonds. The Morgan fingerprint density at radius 1 is 1.04 bits per heavy atom. The van der Waals surface area contributed by atoms with Crippen molar-refractivity contribution in [2.75, 3.05) is 5.32 Å². The fourth-order valence-corrected chi connectivity index (χ4v) is 3.36. The summed E-state index contributed by atoms with van der Waals surface area (Å²) in [7, 11) is 0. The van der Waals surface area contributed by atoms with Crippen LogP contribution in [0.2, 0.25) is 0 Å². The maximum atomic E-state index is 7.99. The Bertz CT molecular complexity index is 1130. The van der Waals surface area contributed by atoms with Crippen LogP contribution in [0.25, 0.3) is 22.6 Å². The monoisotopic (exact) mass is 341 g/mol.